The van der Waals surface area contributed by atoms with E-state index in [1.165, 1.54) is 12.1 Å². The molecule has 1 atom stereocenters. The number of amides is 1. The summed E-state index contributed by atoms with van der Waals surface area (Å²) in [5.41, 5.74) is 2.67. The molecule has 7 heteroatoms. The summed E-state index contributed by atoms with van der Waals surface area (Å²) in [6.07, 6.45) is 0. The number of hydrogen-bond donors (Lipinski definition) is 1. The molecule has 0 saturated carbocycles. The number of nitrogens with zero attached hydrogens (tertiary/aromatic N) is 1. The molecule has 0 fully saturated rings. The first kappa shape index (κ1) is 21.6. The second-order valence-electron chi connectivity index (χ2n) is 7.21. The fourth-order valence-corrected chi connectivity index (χ4v) is 4.26. The van der Waals surface area contributed by atoms with E-state index in [9.17, 15) is 13.4 Å². The Morgan fingerprint density at radius 1 is 1.00 bits per heavy atom. The van der Waals surface area contributed by atoms with Crippen LogP contribution >= 0.6 is 0 Å². The molecule has 1 amide bonds. The average Bonchev–Trinajstić information content (AvgIpc) is 3.19. The monoisotopic (exact) mass is 448 g/mol. The molecule has 0 aliphatic rings. The summed E-state index contributed by atoms with van der Waals surface area (Å²) in [6.45, 7) is 2.10. The molecule has 3 aromatic carbocycles. The number of carbonyl (C=O) groups excluding carboxylic acids is 1. The third kappa shape index (κ3) is 5.18. The first-order valence-electron chi connectivity index (χ1n) is 10.0. The fourth-order valence-electron chi connectivity index (χ4n) is 3.12. The zero-order valence-electron chi connectivity index (χ0n) is 17.4. The number of hydrogen-bond acceptors (Lipinski definition) is 4. The van der Waals surface area contributed by atoms with E-state index < -0.39 is 10.8 Å². The lowest BCUT2D eigenvalue weighted by molar-refractivity contribution is 0.0951. The van der Waals surface area contributed by atoms with Crippen molar-refractivity contribution in [1.29, 1.82) is 0 Å². The zero-order valence-corrected chi connectivity index (χ0v) is 18.2. The lowest BCUT2D eigenvalue weighted by atomic mass is 10.1. The Labute approximate surface area is 187 Å². The highest BCUT2D eigenvalue weighted by Crippen LogP contribution is 2.24. The third-order valence-electron chi connectivity index (χ3n) is 4.93. The number of rotatable bonds is 7. The van der Waals surface area contributed by atoms with Gasteiger partial charge in [-0.05, 0) is 61.0 Å². The zero-order chi connectivity index (χ0) is 22.5. The number of aryl methyl sites for hydroxylation is 1. The van der Waals surface area contributed by atoms with Crippen molar-refractivity contribution in [1.82, 2.24) is 10.3 Å². The molecule has 4 rings (SSSR count). The van der Waals surface area contributed by atoms with E-state index in [-0.39, 0.29) is 17.5 Å². The van der Waals surface area contributed by atoms with E-state index in [0.717, 1.165) is 16.0 Å². The van der Waals surface area contributed by atoms with Crippen LogP contribution in [-0.4, -0.2) is 15.1 Å². The van der Waals surface area contributed by atoms with Gasteiger partial charge in [-0.25, -0.2) is 9.37 Å². The molecule has 4 aromatic rings. The molecule has 0 aliphatic heterocycles. The molecule has 0 radical (unpaired) electrons. The van der Waals surface area contributed by atoms with Crippen LogP contribution < -0.4 is 5.32 Å². The highest BCUT2D eigenvalue weighted by molar-refractivity contribution is 7.84. The van der Waals surface area contributed by atoms with Crippen LogP contribution in [0.15, 0.2) is 88.2 Å². The fraction of sp³-hybridized carbons (Fsp3) is 0.120. The highest BCUT2D eigenvalue weighted by atomic mass is 32.2. The van der Waals surface area contributed by atoms with Crippen LogP contribution in [0.3, 0.4) is 0 Å². The normalized spacial score (nSPS) is 11.8. The Bertz CT molecular complexity index is 1240. The van der Waals surface area contributed by atoms with E-state index in [4.69, 9.17) is 4.42 Å². The standard InChI is InChI=1S/C25H21FN2O3S/c1-17-23(16-32(30)22-5-3-2-4-6-22)28-25(31-17)20-11-9-19(10-12-20)24(29)27-15-18-7-13-21(26)14-8-18/h2-14H,15-16H2,1H3,(H,27,29)/t32-/m1/s1. The molecule has 1 heterocycles. The maximum Gasteiger partial charge on any atom is 0.251 e. The Morgan fingerprint density at radius 2 is 1.69 bits per heavy atom. The molecular weight excluding hydrogens is 427 g/mol. The van der Waals surface area contributed by atoms with E-state index >= 15 is 0 Å². The molecule has 0 spiro atoms. The minimum atomic E-state index is -1.21. The van der Waals surface area contributed by atoms with Gasteiger partial charge in [0.1, 0.15) is 11.6 Å². The van der Waals surface area contributed by atoms with Crippen molar-refractivity contribution in [2.24, 2.45) is 0 Å². The summed E-state index contributed by atoms with van der Waals surface area (Å²) in [4.78, 5) is 17.6. The van der Waals surface area contributed by atoms with Gasteiger partial charge >= 0.3 is 0 Å². The molecule has 0 bridgehead atoms. The number of nitrogens with one attached hydrogen (secondary N) is 1. The first-order chi connectivity index (χ1) is 15.5. The predicted octanol–water partition coefficient (Wildman–Crippen LogP) is 5.03. The minimum absolute atomic E-state index is 0.233. The van der Waals surface area contributed by atoms with Crippen LogP contribution in [0.2, 0.25) is 0 Å². The van der Waals surface area contributed by atoms with Gasteiger partial charge < -0.3 is 9.73 Å². The summed E-state index contributed by atoms with van der Waals surface area (Å²) in [5, 5.41) is 2.81. The van der Waals surface area contributed by atoms with Crippen molar-refractivity contribution in [3.63, 3.8) is 0 Å². The van der Waals surface area contributed by atoms with Gasteiger partial charge in [0.05, 0.1) is 22.2 Å². The minimum Gasteiger partial charge on any atom is -0.441 e. The topological polar surface area (TPSA) is 72.2 Å². The van der Waals surface area contributed by atoms with Gasteiger partial charge in [-0.15, -0.1) is 0 Å². The largest absolute Gasteiger partial charge is 0.441 e. The second-order valence-corrected chi connectivity index (χ2v) is 8.66. The number of carbonyl (C=O) groups is 1. The molecular formula is C25H21FN2O3S. The van der Waals surface area contributed by atoms with Crippen molar-refractivity contribution in [3.05, 3.63) is 107 Å². The van der Waals surface area contributed by atoms with Gasteiger partial charge in [-0.1, -0.05) is 30.3 Å². The second kappa shape index (κ2) is 9.70. The predicted molar refractivity (Wildman–Crippen MR) is 121 cm³/mol. The molecule has 1 aromatic heterocycles. The van der Waals surface area contributed by atoms with Gasteiger partial charge in [-0.3, -0.25) is 9.00 Å². The van der Waals surface area contributed by atoms with Gasteiger partial charge in [0, 0.05) is 22.6 Å². The SMILES string of the molecule is Cc1oc(-c2ccc(C(=O)NCc3ccc(F)cc3)cc2)nc1C[S@@](=O)c1ccccc1. The quantitative estimate of drug-likeness (QED) is 0.431. The van der Waals surface area contributed by atoms with Gasteiger partial charge in [-0.2, -0.15) is 0 Å². The van der Waals surface area contributed by atoms with Crippen molar-refractivity contribution in [2.75, 3.05) is 0 Å². The number of benzene rings is 3. The van der Waals surface area contributed by atoms with Crippen LogP contribution in [0.25, 0.3) is 11.5 Å². The van der Waals surface area contributed by atoms with Gasteiger partial charge in [0.2, 0.25) is 5.89 Å². The number of aromatic nitrogens is 1. The van der Waals surface area contributed by atoms with Crippen LogP contribution in [0.5, 0.6) is 0 Å². The average molecular weight is 449 g/mol. The summed E-state index contributed by atoms with van der Waals surface area (Å²) in [7, 11) is -1.21. The van der Waals surface area contributed by atoms with Crippen LogP contribution in [0, 0.1) is 12.7 Å². The molecule has 0 saturated heterocycles. The smallest absolute Gasteiger partial charge is 0.251 e. The van der Waals surface area contributed by atoms with Crippen LogP contribution in [0.4, 0.5) is 4.39 Å². The van der Waals surface area contributed by atoms with Crippen LogP contribution in [-0.2, 0) is 23.1 Å². The Kier molecular flexibility index (Phi) is 6.56. The summed E-state index contributed by atoms with van der Waals surface area (Å²) < 4.78 is 31.3. The first-order valence-corrected chi connectivity index (χ1v) is 11.3. The summed E-state index contributed by atoms with van der Waals surface area (Å²) in [6, 6.07) is 22.1. The maximum absolute atomic E-state index is 13.0. The molecule has 1 N–H and O–H groups in total. The highest BCUT2D eigenvalue weighted by Gasteiger charge is 2.15. The van der Waals surface area contributed by atoms with Crippen molar-refractivity contribution >= 4 is 16.7 Å². The van der Waals surface area contributed by atoms with Crippen LogP contribution in [0.1, 0.15) is 27.4 Å². The van der Waals surface area contributed by atoms with Crippen molar-refractivity contribution in [3.8, 4) is 11.5 Å². The molecule has 32 heavy (non-hydrogen) atoms. The molecule has 162 valence electrons. The molecule has 0 aliphatic carbocycles. The summed E-state index contributed by atoms with van der Waals surface area (Å²) in [5.74, 6) is 0.755. The van der Waals surface area contributed by atoms with Gasteiger partial charge in [0.25, 0.3) is 5.91 Å². The lowest BCUT2D eigenvalue weighted by Crippen LogP contribution is -2.22. The van der Waals surface area contributed by atoms with E-state index in [1.807, 2.05) is 30.3 Å². The number of halogens is 1. The summed E-state index contributed by atoms with van der Waals surface area (Å²) >= 11 is 0. The van der Waals surface area contributed by atoms with Gasteiger partial charge in [0.15, 0.2) is 0 Å². The van der Waals surface area contributed by atoms with Crippen molar-refractivity contribution < 1.29 is 17.8 Å². The number of oxazole rings is 1. The Morgan fingerprint density at radius 3 is 2.38 bits per heavy atom. The lowest BCUT2D eigenvalue weighted by Gasteiger charge is -2.06. The Hall–Kier alpha value is -3.58. The third-order valence-corrected chi connectivity index (χ3v) is 6.26. The van der Waals surface area contributed by atoms with E-state index in [0.29, 0.717) is 29.5 Å². The molecule has 5 nitrogen and oxygen atoms in total. The van der Waals surface area contributed by atoms with E-state index in [2.05, 4.69) is 10.3 Å². The molecule has 0 unspecified atom stereocenters. The Balaban J connectivity index is 1.41. The van der Waals surface area contributed by atoms with E-state index in [1.54, 1.807) is 43.3 Å². The van der Waals surface area contributed by atoms with Crippen molar-refractivity contribution in [2.45, 2.75) is 24.1 Å². The maximum atomic E-state index is 13.0.